The summed E-state index contributed by atoms with van der Waals surface area (Å²) in [6.45, 7) is 3.96. The molecule has 37 heavy (non-hydrogen) atoms. The fourth-order valence-electron chi connectivity index (χ4n) is 5.64. The van der Waals surface area contributed by atoms with Crippen molar-refractivity contribution in [2.24, 2.45) is 23.7 Å². The Morgan fingerprint density at radius 2 is 1.73 bits per heavy atom. The Hall–Kier alpha value is -4.08. The van der Waals surface area contributed by atoms with Crippen LogP contribution >= 0.6 is 0 Å². The fraction of sp³-hybridized carbons (Fsp3) is 0.407. The summed E-state index contributed by atoms with van der Waals surface area (Å²) in [5, 5.41) is 10.9. The molecule has 2 aromatic rings. The predicted octanol–water partition coefficient (Wildman–Crippen LogP) is 3.79. The molecule has 4 atom stereocenters. The molecule has 3 amide bonds. The minimum absolute atomic E-state index is 0.0368. The van der Waals surface area contributed by atoms with Crippen LogP contribution in [0.25, 0.3) is 0 Å². The highest BCUT2D eigenvalue weighted by Crippen LogP contribution is 2.43. The van der Waals surface area contributed by atoms with Gasteiger partial charge in [-0.3, -0.25) is 29.3 Å². The fourth-order valence-corrected chi connectivity index (χ4v) is 5.64. The first-order valence-corrected chi connectivity index (χ1v) is 12.4. The summed E-state index contributed by atoms with van der Waals surface area (Å²) >= 11 is 0. The van der Waals surface area contributed by atoms with Crippen LogP contribution in [0.15, 0.2) is 42.5 Å². The normalized spacial score (nSPS) is 25.4. The monoisotopic (exact) mass is 505 g/mol. The number of esters is 1. The van der Waals surface area contributed by atoms with E-state index in [0.717, 1.165) is 19.3 Å². The van der Waals surface area contributed by atoms with Crippen LogP contribution in [0, 0.1) is 40.7 Å². The van der Waals surface area contributed by atoms with E-state index in [1.54, 1.807) is 25.1 Å². The molecule has 3 fully saturated rings. The van der Waals surface area contributed by atoms with Crippen LogP contribution in [-0.4, -0.2) is 35.2 Å². The molecule has 0 spiro atoms. The van der Waals surface area contributed by atoms with Gasteiger partial charge in [0.15, 0.2) is 0 Å². The first kappa shape index (κ1) is 24.6. The van der Waals surface area contributed by atoms with Crippen molar-refractivity contribution in [3.05, 3.63) is 58.1 Å². The summed E-state index contributed by atoms with van der Waals surface area (Å²) in [6, 6.07) is 10.4. The molecule has 1 aliphatic carbocycles. The van der Waals surface area contributed by atoms with Crippen molar-refractivity contribution < 1.29 is 28.8 Å². The average molecular weight is 506 g/mol. The highest BCUT2D eigenvalue weighted by molar-refractivity contribution is 6.22. The molecule has 2 aromatic carbocycles. The summed E-state index contributed by atoms with van der Waals surface area (Å²) in [7, 11) is 0. The molecule has 2 aliphatic heterocycles. The van der Waals surface area contributed by atoms with Crippen LogP contribution in [0.1, 0.15) is 38.2 Å². The van der Waals surface area contributed by atoms with Gasteiger partial charge in [-0.1, -0.05) is 6.92 Å². The van der Waals surface area contributed by atoms with Gasteiger partial charge in [0.1, 0.15) is 5.75 Å². The third-order valence-corrected chi connectivity index (χ3v) is 7.65. The number of anilines is 2. The lowest BCUT2D eigenvalue weighted by molar-refractivity contribution is -0.384. The molecule has 0 radical (unpaired) electrons. The third kappa shape index (κ3) is 4.47. The van der Waals surface area contributed by atoms with Crippen molar-refractivity contribution in [3.63, 3.8) is 0 Å². The number of aryl methyl sites for hydroxylation is 1. The van der Waals surface area contributed by atoms with E-state index < -0.39 is 16.8 Å². The number of non-ortho nitro benzene ring substituents is 1. The molecule has 2 saturated heterocycles. The number of imide groups is 1. The van der Waals surface area contributed by atoms with E-state index >= 15 is 0 Å². The van der Waals surface area contributed by atoms with E-state index in [2.05, 4.69) is 6.92 Å². The number of nitro groups is 1. The molecular weight excluding hydrogens is 478 g/mol. The molecule has 192 valence electrons. The maximum absolute atomic E-state index is 13.1. The van der Waals surface area contributed by atoms with Gasteiger partial charge in [-0.25, -0.2) is 4.90 Å². The number of fused-ring (bicyclic) bond motifs is 1. The second-order valence-corrected chi connectivity index (χ2v) is 10.2. The quantitative estimate of drug-likeness (QED) is 0.199. The van der Waals surface area contributed by atoms with E-state index in [-0.39, 0.29) is 54.0 Å². The van der Waals surface area contributed by atoms with Crippen LogP contribution in [0.2, 0.25) is 0 Å². The minimum atomic E-state index is -0.700. The smallest absolute Gasteiger partial charge is 0.316 e. The molecule has 0 bridgehead atoms. The van der Waals surface area contributed by atoms with Gasteiger partial charge in [-0.2, -0.15) is 0 Å². The first-order valence-electron chi connectivity index (χ1n) is 12.4. The molecule has 2 heterocycles. The van der Waals surface area contributed by atoms with Crippen molar-refractivity contribution in [3.8, 4) is 5.75 Å². The Bertz CT molecular complexity index is 1310. The van der Waals surface area contributed by atoms with Gasteiger partial charge in [0.25, 0.3) is 5.69 Å². The zero-order valence-corrected chi connectivity index (χ0v) is 20.6. The van der Waals surface area contributed by atoms with Crippen LogP contribution in [0.5, 0.6) is 5.75 Å². The predicted molar refractivity (Wildman–Crippen MR) is 133 cm³/mol. The lowest BCUT2D eigenvalue weighted by Gasteiger charge is -2.25. The van der Waals surface area contributed by atoms with Crippen molar-refractivity contribution in [1.82, 2.24) is 0 Å². The van der Waals surface area contributed by atoms with Gasteiger partial charge >= 0.3 is 5.97 Å². The number of benzene rings is 2. The number of nitrogens with zero attached hydrogens (tertiary/aromatic N) is 3. The van der Waals surface area contributed by atoms with Gasteiger partial charge < -0.3 is 9.64 Å². The topological polar surface area (TPSA) is 127 Å². The van der Waals surface area contributed by atoms with E-state index in [1.165, 1.54) is 34.1 Å². The van der Waals surface area contributed by atoms with Crippen LogP contribution in [-0.2, 0) is 19.2 Å². The molecule has 10 heteroatoms. The van der Waals surface area contributed by atoms with Crippen molar-refractivity contribution >= 4 is 40.8 Å². The van der Waals surface area contributed by atoms with Gasteiger partial charge in [0.05, 0.1) is 28.4 Å². The minimum Gasteiger partial charge on any atom is -0.426 e. The highest BCUT2D eigenvalue weighted by Gasteiger charge is 2.50. The Morgan fingerprint density at radius 3 is 2.41 bits per heavy atom. The summed E-state index contributed by atoms with van der Waals surface area (Å²) in [5.41, 5.74) is 1.52. The Labute approximate surface area is 213 Å². The Morgan fingerprint density at radius 1 is 1.03 bits per heavy atom. The lowest BCUT2D eigenvalue weighted by atomic mass is 9.76. The SMILES string of the molecule is Cc1cc(OC(=O)[C@@H]2CC(=O)N(c3ccc([N+](=O)[O-])cc3)C2)ccc1N1C(=O)[C@@H]2CC[C@@H](C)C[C@H]2C1=O. The van der Waals surface area contributed by atoms with Gasteiger partial charge in [0, 0.05) is 30.8 Å². The number of hydrogen-bond donors (Lipinski definition) is 0. The Balaban J connectivity index is 1.26. The van der Waals surface area contributed by atoms with Gasteiger partial charge in [-0.15, -0.1) is 0 Å². The highest BCUT2D eigenvalue weighted by atomic mass is 16.6. The average Bonchev–Trinajstić information content (AvgIpc) is 3.37. The number of carbonyl (C=O) groups excluding carboxylic acids is 4. The van der Waals surface area contributed by atoms with Crippen molar-refractivity contribution in [2.75, 3.05) is 16.3 Å². The molecule has 0 N–H and O–H groups in total. The van der Waals surface area contributed by atoms with Gasteiger partial charge in [-0.05, 0) is 68.0 Å². The van der Waals surface area contributed by atoms with Crippen LogP contribution in [0.3, 0.4) is 0 Å². The summed E-state index contributed by atoms with van der Waals surface area (Å²) < 4.78 is 5.55. The molecule has 1 saturated carbocycles. The molecule has 10 nitrogen and oxygen atoms in total. The number of hydrogen-bond acceptors (Lipinski definition) is 7. The van der Waals surface area contributed by atoms with E-state index in [0.29, 0.717) is 22.9 Å². The third-order valence-electron chi connectivity index (χ3n) is 7.65. The second kappa shape index (κ2) is 9.42. The number of rotatable bonds is 5. The van der Waals surface area contributed by atoms with Crippen LogP contribution < -0.4 is 14.5 Å². The van der Waals surface area contributed by atoms with Crippen LogP contribution in [0.4, 0.5) is 17.1 Å². The molecule has 0 aromatic heterocycles. The largest absolute Gasteiger partial charge is 0.426 e. The van der Waals surface area contributed by atoms with E-state index in [9.17, 15) is 29.3 Å². The maximum Gasteiger partial charge on any atom is 0.316 e. The summed E-state index contributed by atoms with van der Waals surface area (Å²) in [6.07, 6.45) is 2.34. The molecule has 5 rings (SSSR count). The van der Waals surface area contributed by atoms with Gasteiger partial charge in [0.2, 0.25) is 17.7 Å². The second-order valence-electron chi connectivity index (χ2n) is 10.2. The lowest BCUT2D eigenvalue weighted by Crippen LogP contribution is -2.31. The molecule has 3 aliphatic rings. The standard InChI is InChI=1S/C27H27N3O7/c1-15-3-9-21-22(11-15)26(33)29(25(21)32)23-10-8-20(12-16(23)2)37-27(34)17-13-24(31)28(14-17)18-4-6-19(7-5-18)30(35)36/h4-8,10,12,15,17,21-22H,3,9,11,13-14H2,1-2H3/t15-,17-,21-,22-/m1/s1. The van der Waals surface area contributed by atoms with Crippen molar-refractivity contribution in [1.29, 1.82) is 0 Å². The Kier molecular flexibility index (Phi) is 6.26. The maximum atomic E-state index is 13.1. The zero-order valence-electron chi connectivity index (χ0n) is 20.6. The first-order chi connectivity index (χ1) is 17.6. The van der Waals surface area contributed by atoms with Crippen molar-refractivity contribution in [2.45, 2.75) is 39.5 Å². The number of carbonyl (C=O) groups is 4. The molecule has 0 unspecified atom stereocenters. The number of nitro benzene ring substituents is 1. The summed E-state index contributed by atoms with van der Waals surface area (Å²) in [5.74, 6) is -1.73. The molecular formula is C27H27N3O7. The number of amides is 3. The zero-order chi connectivity index (χ0) is 26.4. The summed E-state index contributed by atoms with van der Waals surface area (Å²) in [4.78, 5) is 64.5. The van der Waals surface area contributed by atoms with E-state index in [1.807, 2.05) is 0 Å². The van der Waals surface area contributed by atoms with E-state index in [4.69, 9.17) is 4.74 Å². The number of ether oxygens (including phenoxy) is 1.